The summed E-state index contributed by atoms with van der Waals surface area (Å²) in [5.74, 6) is -1.74. The molecule has 12 heteroatoms. The second-order valence-electron chi connectivity index (χ2n) is 12.8. The summed E-state index contributed by atoms with van der Waals surface area (Å²) in [5.41, 5.74) is 0. The number of rotatable bonds is 8. The number of hydrogen-bond acceptors (Lipinski definition) is 3. The zero-order valence-corrected chi connectivity index (χ0v) is 25.2. The Morgan fingerprint density at radius 2 is 0.810 bits per heavy atom. The van der Waals surface area contributed by atoms with Crippen molar-refractivity contribution in [2.45, 2.75) is 121 Å². The van der Waals surface area contributed by atoms with Crippen LogP contribution in [0.2, 0.25) is 0 Å². The van der Waals surface area contributed by atoms with Crippen LogP contribution in [0.25, 0.3) is 0 Å². The number of halogens is 9. The van der Waals surface area contributed by atoms with Gasteiger partial charge in [-0.1, -0.05) is 6.92 Å². The largest absolute Gasteiger partial charge is 0.391 e. The molecule has 4 rings (SSSR count). The maximum Gasteiger partial charge on any atom is 0.391 e. The summed E-state index contributed by atoms with van der Waals surface area (Å²) in [7, 11) is 1.84. The van der Waals surface area contributed by atoms with E-state index in [9.17, 15) is 39.5 Å². The summed E-state index contributed by atoms with van der Waals surface area (Å²) >= 11 is 0. The van der Waals surface area contributed by atoms with Crippen molar-refractivity contribution in [2.75, 3.05) is 33.2 Å². The quantitative estimate of drug-likeness (QED) is 0.236. The van der Waals surface area contributed by atoms with Crippen molar-refractivity contribution in [1.82, 2.24) is 16.0 Å². The van der Waals surface area contributed by atoms with Gasteiger partial charge in [0.15, 0.2) is 0 Å². The molecule has 0 saturated heterocycles. The minimum atomic E-state index is -3.97. The normalized spacial score (nSPS) is 30.9. The molecule has 0 atom stereocenters. The number of hydrogen-bond donors (Lipinski definition) is 3. The predicted molar refractivity (Wildman–Crippen MR) is 148 cm³/mol. The minimum Gasteiger partial charge on any atom is -0.319 e. The molecule has 0 unspecified atom stereocenters. The third-order valence-electron chi connectivity index (χ3n) is 9.38. The fraction of sp³-hybridized carbons (Fsp3) is 1.00. The minimum absolute atomic E-state index is 0.315. The van der Waals surface area contributed by atoms with Crippen LogP contribution in [-0.4, -0.2) is 57.8 Å². The van der Waals surface area contributed by atoms with Crippen molar-refractivity contribution in [3.63, 3.8) is 0 Å². The first kappa shape index (κ1) is 37.4. The molecule has 3 nitrogen and oxygen atoms in total. The molecule has 0 aromatic rings. The van der Waals surface area contributed by atoms with Crippen LogP contribution in [0.15, 0.2) is 0 Å². The first-order chi connectivity index (χ1) is 19.6. The van der Waals surface area contributed by atoms with Gasteiger partial charge in [0.1, 0.15) is 0 Å². The third-order valence-corrected chi connectivity index (χ3v) is 9.38. The lowest BCUT2D eigenvalue weighted by atomic mass is 9.81. The van der Waals surface area contributed by atoms with Crippen molar-refractivity contribution in [3.05, 3.63) is 0 Å². The van der Waals surface area contributed by atoms with Crippen LogP contribution < -0.4 is 16.0 Å². The summed E-state index contributed by atoms with van der Waals surface area (Å²) in [6, 6.07) is 0.672. The van der Waals surface area contributed by atoms with Gasteiger partial charge in [-0.05, 0) is 141 Å². The van der Waals surface area contributed by atoms with Gasteiger partial charge < -0.3 is 16.0 Å². The SMILES string of the molecule is CCNCC1CCC(C(F)(F)F)CC1.CNCC1CCC(C(F)(F)F)CC1.FC(F)(F)C1CCC(CNC2CC2)CC1. The van der Waals surface area contributed by atoms with E-state index >= 15 is 0 Å². The Hall–Kier alpha value is -0.750. The Balaban J connectivity index is 0.000000221. The van der Waals surface area contributed by atoms with Gasteiger partial charge in [-0.15, -0.1) is 0 Å². The molecule has 0 bridgehead atoms. The van der Waals surface area contributed by atoms with E-state index in [1.807, 2.05) is 14.0 Å². The molecule has 0 spiro atoms. The standard InChI is InChI=1S/C11H18F3N.C10H18F3N.C9H16F3N/c12-11(13,14)9-3-1-8(2-4-9)7-15-10-5-6-10;1-2-14-7-8-3-5-9(6-4-8)10(11,12)13;1-13-6-7-2-4-8(5-3-7)9(10,11)12/h8-10,15H,1-7H2;8-9,14H,2-7H2,1H3;7-8,13H,2-6H2,1H3. The maximum atomic E-state index is 12.4. The van der Waals surface area contributed by atoms with Gasteiger partial charge >= 0.3 is 18.5 Å². The second-order valence-corrected chi connectivity index (χ2v) is 12.8. The highest BCUT2D eigenvalue weighted by Crippen LogP contribution is 2.41. The molecule has 4 fully saturated rings. The highest BCUT2D eigenvalue weighted by atomic mass is 19.4. The summed E-state index contributed by atoms with van der Waals surface area (Å²) in [5, 5.41) is 9.60. The van der Waals surface area contributed by atoms with Crippen molar-refractivity contribution in [1.29, 1.82) is 0 Å². The van der Waals surface area contributed by atoms with Crippen LogP contribution in [0, 0.1) is 35.5 Å². The highest BCUT2D eigenvalue weighted by Gasteiger charge is 2.43. The molecule has 0 aromatic heterocycles. The summed E-state index contributed by atoms with van der Waals surface area (Å²) < 4.78 is 111. The van der Waals surface area contributed by atoms with E-state index in [1.54, 1.807) is 0 Å². The Morgan fingerprint density at radius 3 is 1.10 bits per heavy atom. The van der Waals surface area contributed by atoms with Gasteiger partial charge in [-0.2, -0.15) is 39.5 Å². The molecule has 0 heterocycles. The molecular formula is C30H52F9N3. The van der Waals surface area contributed by atoms with Crippen LogP contribution in [-0.2, 0) is 0 Å². The molecule has 3 N–H and O–H groups in total. The molecule has 250 valence electrons. The van der Waals surface area contributed by atoms with Crippen LogP contribution in [0.5, 0.6) is 0 Å². The summed E-state index contributed by atoms with van der Waals surface area (Å²) in [6.45, 7) is 5.57. The monoisotopic (exact) mass is 625 g/mol. The molecule has 4 saturated carbocycles. The summed E-state index contributed by atoms with van der Waals surface area (Å²) in [4.78, 5) is 0. The van der Waals surface area contributed by atoms with Gasteiger partial charge in [-0.3, -0.25) is 0 Å². The average Bonchev–Trinajstić information content (AvgIpc) is 3.76. The van der Waals surface area contributed by atoms with Crippen molar-refractivity contribution in [2.24, 2.45) is 35.5 Å². The lowest BCUT2D eigenvalue weighted by Crippen LogP contribution is -2.32. The van der Waals surface area contributed by atoms with E-state index in [1.165, 1.54) is 12.8 Å². The molecular weight excluding hydrogens is 573 g/mol. The molecule has 0 radical (unpaired) electrons. The Morgan fingerprint density at radius 1 is 0.476 bits per heavy atom. The first-order valence-corrected chi connectivity index (χ1v) is 15.9. The number of alkyl halides is 9. The fourth-order valence-corrected chi connectivity index (χ4v) is 6.34. The van der Waals surface area contributed by atoms with E-state index in [2.05, 4.69) is 16.0 Å². The molecule has 0 aliphatic heterocycles. The lowest BCUT2D eigenvalue weighted by molar-refractivity contribution is -0.184. The second kappa shape index (κ2) is 17.7. The smallest absolute Gasteiger partial charge is 0.319 e. The van der Waals surface area contributed by atoms with Gasteiger partial charge in [0.2, 0.25) is 0 Å². The maximum absolute atomic E-state index is 12.4. The van der Waals surface area contributed by atoms with Gasteiger partial charge in [0.25, 0.3) is 0 Å². The van der Waals surface area contributed by atoms with Crippen molar-refractivity contribution < 1.29 is 39.5 Å². The van der Waals surface area contributed by atoms with E-state index < -0.39 is 36.3 Å². The van der Waals surface area contributed by atoms with Crippen molar-refractivity contribution >= 4 is 0 Å². The highest BCUT2D eigenvalue weighted by molar-refractivity contribution is 4.84. The molecule has 4 aliphatic carbocycles. The first-order valence-electron chi connectivity index (χ1n) is 15.9. The van der Waals surface area contributed by atoms with E-state index in [0.717, 1.165) is 51.9 Å². The van der Waals surface area contributed by atoms with Gasteiger partial charge in [0, 0.05) is 6.04 Å². The van der Waals surface area contributed by atoms with E-state index in [0.29, 0.717) is 75.2 Å². The third kappa shape index (κ3) is 14.8. The molecule has 0 amide bonds. The molecule has 0 aromatic carbocycles. The molecule has 42 heavy (non-hydrogen) atoms. The van der Waals surface area contributed by atoms with E-state index in [-0.39, 0.29) is 0 Å². The van der Waals surface area contributed by atoms with Gasteiger partial charge in [0.05, 0.1) is 17.8 Å². The zero-order valence-electron chi connectivity index (χ0n) is 25.2. The summed E-state index contributed by atoms with van der Waals surface area (Å²) in [6.07, 6.45) is -3.12. The number of nitrogens with one attached hydrogen (secondary N) is 3. The zero-order chi connectivity index (χ0) is 31.4. The van der Waals surface area contributed by atoms with Crippen LogP contribution >= 0.6 is 0 Å². The Kier molecular flexibility index (Phi) is 15.7. The lowest BCUT2D eigenvalue weighted by Gasteiger charge is -2.29. The fourth-order valence-electron chi connectivity index (χ4n) is 6.34. The van der Waals surface area contributed by atoms with Crippen LogP contribution in [0.1, 0.15) is 96.8 Å². The van der Waals surface area contributed by atoms with Crippen LogP contribution in [0.3, 0.4) is 0 Å². The van der Waals surface area contributed by atoms with Crippen molar-refractivity contribution in [3.8, 4) is 0 Å². The van der Waals surface area contributed by atoms with Gasteiger partial charge in [-0.25, -0.2) is 0 Å². The topological polar surface area (TPSA) is 36.1 Å². The predicted octanol–water partition coefficient (Wildman–Crippen LogP) is 8.65. The average molecular weight is 626 g/mol. The van der Waals surface area contributed by atoms with Crippen LogP contribution in [0.4, 0.5) is 39.5 Å². The Bertz CT molecular complexity index is 698. The Labute approximate surface area is 245 Å². The van der Waals surface area contributed by atoms with E-state index in [4.69, 9.17) is 0 Å². The molecule has 4 aliphatic rings.